The fourth-order valence-electron chi connectivity index (χ4n) is 2.92. The van der Waals surface area contributed by atoms with Gasteiger partial charge in [-0.05, 0) is 48.9 Å². The molecule has 2 aromatic rings. The van der Waals surface area contributed by atoms with Gasteiger partial charge in [0.05, 0.1) is 20.8 Å². The largest absolute Gasteiger partial charge is 0.497 e. The Balaban J connectivity index is 1.74. The predicted molar refractivity (Wildman–Crippen MR) is 108 cm³/mol. The first-order valence-electron chi connectivity index (χ1n) is 8.79. The maximum atomic E-state index is 12.8. The van der Waals surface area contributed by atoms with Crippen LogP contribution < -0.4 is 19.5 Å². The van der Waals surface area contributed by atoms with Crippen molar-refractivity contribution in [3.63, 3.8) is 0 Å². The van der Waals surface area contributed by atoms with Crippen molar-refractivity contribution in [3.05, 3.63) is 48.0 Å². The standard InChI is InChI=1S/C20H24N2O4S/c1-4-26-16-7-5-15(6-8-16)21-20(23)22-9-10-27-19(22)14-11-17(24-2)13-18(12-14)25-3/h5-8,11-13,19H,4,9-10H2,1-3H3,(H,21,23). The summed E-state index contributed by atoms with van der Waals surface area (Å²) in [4.78, 5) is 14.7. The van der Waals surface area contributed by atoms with Crippen LogP contribution in [0, 0.1) is 0 Å². The molecule has 1 saturated heterocycles. The van der Waals surface area contributed by atoms with Gasteiger partial charge in [-0.3, -0.25) is 0 Å². The molecule has 1 aliphatic rings. The van der Waals surface area contributed by atoms with Crippen molar-refractivity contribution in [2.75, 3.05) is 38.4 Å². The number of carbonyl (C=O) groups is 1. The van der Waals surface area contributed by atoms with Crippen molar-refractivity contribution in [3.8, 4) is 17.2 Å². The summed E-state index contributed by atoms with van der Waals surface area (Å²) in [5.41, 5.74) is 1.72. The molecule has 0 spiro atoms. The average Bonchev–Trinajstić information content (AvgIpc) is 3.19. The molecule has 1 atom stereocenters. The van der Waals surface area contributed by atoms with Crippen LogP contribution in [0.1, 0.15) is 17.9 Å². The third kappa shape index (κ3) is 4.60. The number of anilines is 1. The third-order valence-corrected chi connectivity index (χ3v) is 5.49. The van der Waals surface area contributed by atoms with Gasteiger partial charge in [-0.1, -0.05) is 0 Å². The Labute approximate surface area is 163 Å². The van der Waals surface area contributed by atoms with E-state index >= 15 is 0 Å². The number of thioether (sulfide) groups is 1. The van der Waals surface area contributed by atoms with Crippen LogP contribution in [-0.2, 0) is 0 Å². The third-order valence-electron chi connectivity index (χ3n) is 4.23. The Morgan fingerprint density at radius 2 is 1.78 bits per heavy atom. The maximum Gasteiger partial charge on any atom is 0.323 e. The molecule has 0 aliphatic carbocycles. The number of hydrogen-bond donors (Lipinski definition) is 1. The summed E-state index contributed by atoms with van der Waals surface area (Å²) >= 11 is 1.72. The molecule has 0 saturated carbocycles. The van der Waals surface area contributed by atoms with E-state index in [1.54, 1.807) is 26.0 Å². The summed E-state index contributed by atoms with van der Waals surface area (Å²) in [6.07, 6.45) is 0. The Bertz CT molecular complexity index is 760. The number of hydrogen-bond acceptors (Lipinski definition) is 5. The van der Waals surface area contributed by atoms with Gasteiger partial charge in [0.15, 0.2) is 0 Å². The summed E-state index contributed by atoms with van der Waals surface area (Å²) in [5, 5.41) is 2.88. The smallest absolute Gasteiger partial charge is 0.323 e. The van der Waals surface area contributed by atoms with Gasteiger partial charge in [-0.15, -0.1) is 11.8 Å². The van der Waals surface area contributed by atoms with Gasteiger partial charge in [0.1, 0.15) is 22.6 Å². The Morgan fingerprint density at radius 1 is 1.11 bits per heavy atom. The summed E-state index contributed by atoms with van der Waals surface area (Å²) in [6, 6.07) is 13.0. The summed E-state index contributed by atoms with van der Waals surface area (Å²) in [5.74, 6) is 3.09. The Morgan fingerprint density at radius 3 is 2.37 bits per heavy atom. The molecule has 3 rings (SSSR count). The van der Waals surface area contributed by atoms with Crippen LogP contribution in [0.2, 0.25) is 0 Å². The number of nitrogens with zero attached hydrogens (tertiary/aromatic N) is 1. The quantitative estimate of drug-likeness (QED) is 0.796. The molecule has 144 valence electrons. The van der Waals surface area contributed by atoms with Crippen LogP contribution in [0.15, 0.2) is 42.5 Å². The van der Waals surface area contributed by atoms with Crippen LogP contribution in [-0.4, -0.2) is 44.1 Å². The zero-order valence-electron chi connectivity index (χ0n) is 15.7. The molecule has 6 nitrogen and oxygen atoms in total. The van der Waals surface area contributed by atoms with Gasteiger partial charge in [0.2, 0.25) is 0 Å². The number of carbonyl (C=O) groups excluding carboxylic acids is 1. The van der Waals surface area contributed by atoms with Gasteiger partial charge >= 0.3 is 6.03 Å². The highest BCUT2D eigenvalue weighted by molar-refractivity contribution is 7.99. The number of methoxy groups -OCH3 is 2. The van der Waals surface area contributed by atoms with Crippen LogP contribution >= 0.6 is 11.8 Å². The molecule has 1 N–H and O–H groups in total. The van der Waals surface area contributed by atoms with Gasteiger partial charge in [-0.2, -0.15) is 0 Å². The highest BCUT2D eigenvalue weighted by Crippen LogP contribution is 2.40. The van der Waals surface area contributed by atoms with Gasteiger partial charge in [-0.25, -0.2) is 4.79 Å². The van der Waals surface area contributed by atoms with E-state index in [4.69, 9.17) is 14.2 Å². The first-order chi connectivity index (χ1) is 13.1. The molecule has 0 bridgehead atoms. The molecule has 0 aromatic heterocycles. The second-order valence-electron chi connectivity index (χ2n) is 5.95. The fourth-order valence-corrected chi connectivity index (χ4v) is 4.16. The molecular weight excluding hydrogens is 364 g/mol. The van der Waals surface area contributed by atoms with E-state index in [9.17, 15) is 4.79 Å². The van der Waals surface area contributed by atoms with E-state index < -0.39 is 0 Å². The molecule has 1 aliphatic heterocycles. The molecular formula is C20H24N2O4S. The van der Waals surface area contributed by atoms with E-state index in [0.29, 0.717) is 24.7 Å². The van der Waals surface area contributed by atoms with Crippen molar-refractivity contribution in [2.24, 2.45) is 0 Å². The molecule has 2 aromatic carbocycles. The highest BCUT2D eigenvalue weighted by Gasteiger charge is 2.31. The lowest BCUT2D eigenvalue weighted by Gasteiger charge is -2.25. The van der Waals surface area contributed by atoms with E-state index in [1.165, 1.54) is 0 Å². The second-order valence-corrected chi connectivity index (χ2v) is 7.14. The van der Waals surface area contributed by atoms with Gasteiger partial charge < -0.3 is 24.4 Å². The maximum absolute atomic E-state index is 12.8. The van der Waals surface area contributed by atoms with Crippen LogP contribution in [0.3, 0.4) is 0 Å². The Kier molecular flexibility index (Phi) is 6.34. The first kappa shape index (κ1) is 19.2. The summed E-state index contributed by atoms with van der Waals surface area (Å²) in [6.45, 7) is 3.23. The molecule has 7 heteroatoms. The number of rotatable bonds is 6. The monoisotopic (exact) mass is 388 g/mol. The molecule has 1 fully saturated rings. The minimum Gasteiger partial charge on any atom is -0.497 e. The van der Waals surface area contributed by atoms with E-state index in [2.05, 4.69) is 5.32 Å². The molecule has 0 radical (unpaired) electrons. The van der Waals surface area contributed by atoms with Gasteiger partial charge in [0, 0.05) is 24.1 Å². The minimum absolute atomic E-state index is 0.0864. The second kappa shape index (κ2) is 8.90. The van der Waals surface area contributed by atoms with Crippen LogP contribution in [0.25, 0.3) is 0 Å². The van der Waals surface area contributed by atoms with E-state index in [1.807, 2.05) is 54.3 Å². The SMILES string of the molecule is CCOc1ccc(NC(=O)N2CCSC2c2cc(OC)cc(OC)c2)cc1. The number of benzene rings is 2. The lowest BCUT2D eigenvalue weighted by Crippen LogP contribution is -2.34. The molecule has 27 heavy (non-hydrogen) atoms. The van der Waals surface area contributed by atoms with Crippen LogP contribution in [0.4, 0.5) is 10.5 Å². The normalized spacial score (nSPS) is 16.1. The molecule has 2 amide bonds. The minimum atomic E-state index is -0.129. The van der Waals surface area contributed by atoms with Crippen molar-refractivity contribution >= 4 is 23.5 Å². The van der Waals surface area contributed by atoms with E-state index in [-0.39, 0.29) is 11.4 Å². The first-order valence-corrected chi connectivity index (χ1v) is 9.84. The fraction of sp³-hybridized carbons (Fsp3) is 0.350. The van der Waals surface area contributed by atoms with Crippen molar-refractivity contribution in [2.45, 2.75) is 12.3 Å². The highest BCUT2D eigenvalue weighted by atomic mass is 32.2. The number of ether oxygens (including phenoxy) is 3. The lowest BCUT2D eigenvalue weighted by molar-refractivity contribution is 0.214. The average molecular weight is 388 g/mol. The topological polar surface area (TPSA) is 60.0 Å². The van der Waals surface area contributed by atoms with E-state index in [0.717, 1.165) is 22.8 Å². The Hall–Kier alpha value is -2.54. The van der Waals surface area contributed by atoms with Crippen molar-refractivity contribution < 1.29 is 19.0 Å². The van der Waals surface area contributed by atoms with Gasteiger partial charge in [0.25, 0.3) is 0 Å². The van der Waals surface area contributed by atoms with Crippen molar-refractivity contribution in [1.29, 1.82) is 0 Å². The number of amides is 2. The zero-order chi connectivity index (χ0) is 19.2. The summed E-state index contributed by atoms with van der Waals surface area (Å²) in [7, 11) is 3.24. The predicted octanol–water partition coefficient (Wildman–Crippen LogP) is 4.38. The van der Waals surface area contributed by atoms with Crippen molar-refractivity contribution in [1.82, 2.24) is 4.90 Å². The molecule has 1 unspecified atom stereocenters. The number of nitrogens with one attached hydrogen (secondary N) is 1. The summed E-state index contributed by atoms with van der Waals surface area (Å²) < 4.78 is 16.2. The van der Waals surface area contributed by atoms with Crippen LogP contribution in [0.5, 0.6) is 17.2 Å². The lowest BCUT2D eigenvalue weighted by atomic mass is 10.2. The zero-order valence-corrected chi connectivity index (χ0v) is 16.5. The molecule has 1 heterocycles. The number of urea groups is 1.